The zero-order valence-electron chi connectivity index (χ0n) is 6.72. The molecule has 1 unspecified atom stereocenters. The van der Waals surface area contributed by atoms with E-state index in [0.717, 1.165) is 23.5 Å². The van der Waals surface area contributed by atoms with E-state index in [-0.39, 0.29) is 6.10 Å². The Morgan fingerprint density at radius 2 is 2.50 bits per heavy atom. The first kappa shape index (κ1) is 8.26. The summed E-state index contributed by atoms with van der Waals surface area (Å²) >= 11 is 3.28. The van der Waals surface area contributed by atoms with Gasteiger partial charge in [-0.2, -0.15) is 0 Å². The largest absolute Gasteiger partial charge is 0.372 e. The number of nitrogens with one attached hydrogen (secondary N) is 1. The summed E-state index contributed by atoms with van der Waals surface area (Å²) in [6, 6.07) is 0. The van der Waals surface area contributed by atoms with Crippen LogP contribution in [0.4, 0.5) is 0 Å². The Balaban J connectivity index is 2.08. The summed E-state index contributed by atoms with van der Waals surface area (Å²) in [5.74, 6) is 0. The maximum absolute atomic E-state index is 5.59. The van der Waals surface area contributed by atoms with Gasteiger partial charge in [-0.25, -0.2) is 4.98 Å². The predicted molar refractivity (Wildman–Crippen MR) is 48.8 cm³/mol. The minimum atomic E-state index is 0.234. The maximum atomic E-state index is 5.59. The summed E-state index contributed by atoms with van der Waals surface area (Å²) in [7, 11) is 0. The highest BCUT2D eigenvalue weighted by atomic mass is 79.9. The van der Waals surface area contributed by atoms with E-state index < -0.39 is 0 Å². The van der Waals surface area contributed by atoms with Crippen molar-refractivity contribution < 1.29 is 4.74 Å². The fourth-order valence-electron chi connectivity index (χ4n) is 1.46. The highest BCUT2D eigenvalue weighted by molar-refractivity contribution is 9.10. The molecule has 2 heterocycles. The summed E-state index contributed by atoms with van der Waals surface area (Å²) in [6.07, 6.45) is 5.61. The lowest BCUT2D eigenvalue weighted by Crippen LogP contribution is -2.11. The maximum Gasteiger partial charge on any atom is 0.174 e. The minimum absolute atomic E-state index is 0.234. The Morgan fingerprint density at radius 3 is 3.08 bits per heavy atom. The Kier molecular flexibility index (Phi) is 2.46. The third kappa shape index (κ3) is 1.69. The quantitative estimate of drug-likeness (QED) is 0.805. The SMILES string of the molecule is Brc1ncc(C2CCCCO2)[nH]1. The number of hydrogen-bond acceptors (Lipinski definition) is 2. The number of rotatable bonds is 1. The molecule has 1 atom stereocenters. The summed E-state index contributed by atoms with van der Waals surface area (Å²) in [4.78, 5) is 7.20. The number of aromatic amines is 1. The third-order valence-electron chi connectivity index (χ3n) is 2.09. The number of ether oxygens (including phenoxy) is 1. The summed E-state index contributed by atoms with van der Waals surface area (Å²) in [5, 5.41) is 0. The molecule has 3 nitrogen and oxygen atoms in total. The molecule has 66 valence electrons. The third-order valence-corrected chi connectivity index (χ3v) is 2.49. The lowest BCUT2D eigenvalue weighted by Gasteiger charge is -2.20. The van der Waals surface area contributed by atoms with Gasteiger partial charge in [-0.3, -0.25) is 0 Å². The van der Waals surface area contributed by atoms with Crippen molar-refractivity contribution in [1.29, 1.82) is 0 Å². The van der Waals surface area contributed by atoms with Crippen molar-refractivity contribution in [2.75, 3.05) is 6.61 Å². The number of imidazole rings is 1. The summed E-state index contributed by atoms with van der Waals surface area (Å²) in [5.41, 5.74) is 1.08. The van der Waals surface area contributed by atoms with Gasteiger partial charge in [0.2, 0.25) is 0 Å². The zero-order valence-corrected chi connectivity index (χ0v) is 8.30. The van der Waals surface area contributed by atoms with Gasteiger partial charge in [0.15, 0.2) is 4.73 Å². The van der Waals surface area contributed by atoms with Crippen LogP contribution in [0.1, 0.15) is 31.1 Å². The van der Waals surface area contributed by atoms with Gasteiger partial charge in [0.25, 0.3) is 0 Å². The van der Waals surface area contributed by atoms with Crippen LogP contribution < -0.4 is 0 Å². The molecule has 1 aromatic heterocycles. The minimum Gasteiger partial charge on any atom is -0.372 e. The predicted octanol–water partition coefficient (Wildman–Crippen LogP) is 2.41. The molecule has 0 amide bonds. The molecule has 0 aromatic carbocycles. The number of hydrogen-bond donors (Lipinski definition) is 1. The van der Waals surface area contributed by atoms with Crippen molar-refractivity contribution >= 4 is 15.9 Å². The van der Waals surface area contributed by atoms with Crippen LogP contribution in [0.2, 0.25) is 0 Å². The molecule has 12 heavy (non-hydrogen) atoms. The molecular weight excluding hydrogens is 220 g/mol. The smallest absolute Gasteiger partial charge is 0.174 e. The number of aromatic nitrogens is 2. The van der Waals surface area contributed by atoms with E-state index in [4.69, 9.17) is 4.74 Å². The van der Waals surface area contributed by atoms with Gasteiger partial charge in [0, 0.05) is 6.61 Å². The number of nitrogens with zero attached hydrogens (tertiary/aromatic N) is 1. The molecule has 4 heteroatoms. The highest BCUT2D eigenvalue weighted by Crippen LogP contribution is 2.26. The second-order valence-electron chi connectivity index (χ2n) is 2.98. The highest BCUT2D eigenvalue weighted by Gasteiger charge is 2.17. The standard InChI is InChI=1S/C8H11BrN2O/c9-8-10-5-6(11-8)7-3-1-2-4-12-7/h5,7H,1-4H2,(H,10,11). The normalized spacial score (nSPS) is 24.2. The van der Waals surface area contributed by atoms with E-state index in [2.05, 4.69) is 25.9 Å². The molecule has 0 radical (unpaired) electrons. The number of H-pyrrole nitrogens is 1. The molecule has 0 aliphatic carbocycles. The van der Waals surface area contributed by atoms with Crippen molar-refractivity contribution in [3.05, 3.63) is 16.6 Å². The Bertz CT molecular complexity index is 255. The first-order valence-corrected chi connectivity index (χ1v) is 4.97. The van der Waals surface area contributed by atoms with Gasteiger partial charge in [-0.15, -0.1) is 0 Å². The summed E-state index contributed by atoms with van der Waals surface area (Å²) < 4.78 is 6.37. The zero-order chi connectivity index (χ0) is 8.39. The second-order valence-corrected chi connectivity index (χ2v) is 3.74. The lowest BCUT2D eigenvalue weighted by molar-refractivity contribution is 0.0125. The Labute approximate surface area is 79.7 Å². The van der Waals surface area contributed by atoms with E-state index in [1.165, 1.54) is 12.8 Å². The van der Waals surface area contributed by atoms with E-state index in [0.29, 0.717) is 0 Å². The van der Waals surface area contributed by atoms with E-state index in [1.54, 1.807) is 0 Å². The van der Waals surface area contributed by atoms with Crippen LogP contribution in [0, 0.1) is 0 Å². The van der Waals surface area contributed by atoms with E-state index in [1.807, 2.05) is 6.20 Å². The van der Waals surface area contributed by atoms with Gasteiger partial charge in [-0.1, -0.05) is 0 Å². The van der Waals surface area contributed by atoms with Crippen LogP contribution in [0.25, 0.3) is 0 Å². The molecule has 2 rings (SSSR count). The van der Waals surface area contributed by atoms with Crippen LogP contribution in [0.3, 0.4) is 0 Å². The first-order chi connectivity index (χ1) is 5.86. The lowest BCUT2D eigenvalue weighted by atomic mass is 10.1. The molecule has 0 bridgehead atoms. The fourth-order valence-corrected chi connectivity index (χ4v) is 1.79. The molecule has 1 N–H and O–H groups in total. The molecular formula is C8H11BrN2O. The fraction of sp³-hybridized carbons (Fsp3) is 0.625. The molecule has 1 aromatic rings. The van der Waals surface area contributed by atoms with E-state index >= 15 is 0 Å². The molecule has 0 spiro atoms. The molecule has 0 saturated carbocycles. The van der Waals surface area contributed by atoms with Crippen LogP contribution >= 0.6 is 15.9 Å². The first-order valence-electron chi connectivity index (χ1n) is 4.18. The molecule has 1 aliphatic heterocycles. The topological polar surface area (TPSA) is 37.9 Å². The Morgan fingerprint density at radius 1 is 1.58 bits per heavy atom. The van der Waals surface area contributed by atoms with E-state index in [9.17, 15) is 0 Å². The van der Waals surface area contributed by atoms with Crippen molar-refractivity contribution in [2.45, 2.75) is 25.4 Å². The van der Waals surface area contributed by atoms with Gasteiger partial charge in [-0.05, 0) is 35.2 Å². The van der Waals surface area contributed by atoms with Gasteiger partial charge < -0.3 is 9.72 Å². The number of halogens is 1. The van der Waals surface area contributed by atoms with Gasteiger partial charge >= 0.3 is 0 Å². The van der Waals surface area contributed by atoms with Crippen molar-refractivity contribution in [3.63, 3.8) is 0 Å². The van der Waals surface area contributed by atoms with Crippen molar-refractivity contribution in [2.24, 2.45) is 0 Å². The monoisotopic (exact) mass is 230 g/mol. The molecule has 1 fully saturated rings. The molecule has 1 aliphatic rings. The Hall–Kier alpha value is -0.350. The van der Waals surface area contributed by atoms with Crippen LogP contribution in [-0.2, 0) is 4.74 Å². The average Bonchev–Trinajstić information content (AvgIpc) is 2.54. The van der Waals surface area contributed by atoms with Gasteiger partial charge in [0.1, 0.15) is 0 Å². The molecule has 1 saturated heterocycles. The second kappa shape index (κ2) is 3.58. The van der Waals surface area contributed by atoms with Gasteiger partial charge in [0.05, 0.1) is 18.0 Å². The average molecular weight is 231 g/mol. The van der Waals surface area contributed by atoms with Crippen LogP contribution in [-0.4, -0.2) is 16.6 Å². The van der Waals surface area contributed by atoms with Crippen LogP contribution in [0.15, 0.2) is 10.9 Å². The summed E-state index contributed by atoms with van der Waals surface area (Å²) in [6.45, 7) is 0.876. The van der Waals surface area contributed by atoms with Crippen molar-refractivity contribution in [3.8, 4) is 0 Å². The van der Waals surface area contributed by atoms with Crippen LogP contribution in [0.5, 0.6) is 0 Å². The van der Waals surface area contributed by atoms with Crippen molar-refractivity contribution in [1.82, 2.24) is 9.97 Å².